The fraction of sp³-hybridized carbons (Fsp3) is 0.696. The Balaban J connectivity index is 1.91. The van der Waals surface area contributed by atoms with Crippen LogP contribution in [0, 0.1) is 29.6 Å². The quantitative estimate of drug-likeness (QED) is 0.310. The van der Waals surface area contributed by atoms with Gasteiger partial charge in [-0.25, -0.2) is 0 Å². The molecule has 0 radical (unpaired) electrons. The molecule has 0 aromatic carbocycles. The van der Waals surface area contributed by atoms with E-state index in [1.54, 1.807) is 0 Å². The molecule has 1 heterocycles. The van der Waals surface area contributed by atoms with Crippen LogP contribution in [0.15, 0.2) is 12.2 Å². The Kier molecular flexibility index (Phi) is 13.3. The van der Waals surface area contributed by atoms with Crippen LogP contribution >= 0.6 is 0 Å². The lowest BCUT2D eigenvalue weighted by Crippen LogP contribution is -2.10. The summed E-state index contributed by atoms with van der Waals surface area (Å²) in [6.07, 6.45) is 16.8. The molecule has 2 atom stereocenters. The van der Waals surface area contributed by atoms with E-state index in [1.165, 1.54) is 32.1 Å². The van der Waals surface area contributed by atoms with E-state index < -0.39 is 0 Å². The highest BCUT2D eigenvalue weighted by Crippen LogP contribution is 2.26. The van der Waals surface area contributed by atoms with Crippen LogP contribution in [-0.4, -0.2) is 23.8 Å². The first-order chi connectivity index (χ1) is 12.8. The van der Waals surface area contributed by atoms with Gasteiger partial charge in [-0.3, -0.25) is 4.79 Å². The molecule has 0 aromatic heterocycles. The van der Waals surface area contributed by atoms with Crippen LogP contribution in [-0.2, 0) is 9.53 Å². The Hall–Kier alpha value is -1.71. The number of aliphatic hydroxyl groups is 1. The highest BCUT2D eigenvalue weighted by molar-refractivity contribution is 5.74. The molecule has 0 aliphatic carbocycles. The second-order valence-electron chi connectivity index (χ2n) is 6.95. The van der Waals surface area contributed by atoms with Crippen molar-refractivity contribution in [3.63, 3.8) is 0 Å². The number of unbranched alkanes of at least 4 members (excludes halogenated alkanes) is 8. The number of rotatable bonds is 12. The summed E-state index contributed by atoms with van der Waals surface area (Å²) in [5, 5.41) is 9.02. The van der Waals surface area contributed by atoms with Crippen LogP contribution in [0.1, 0.15) is 84.0 Å². The van der Waals surface area contributed by atoms with Crippen molar-refractivity contribution in [3.05, 3.63) is 12.2 Å². The van der Waals surface area contributed by atoms with Crippen LogP contribution < -0.4 is 0 Å². The van der Waals surface area contributed by atoms with Crippen molar-refractivity contribution >= 4 is 5.97 Å². The number of allylic oxidation sites excluding steroid dienone is 2. The molecule has 26 heavy (non-hydrogen) atoms. The predicted octanol–water partition coefficient (Wildman–Crippen LogP) is 4.78. The summed E-state index contributed by atoms with van der Waals surface area (Å²) < 4.78 is 5.09. The zero-order valence-electron chi connectivity index (χ0n) is 16.3. The molecule has 0 saturated carbocycles. The van der Waals surface area contributed by atoms with Gasteiger partial charge in [0.15, 0.2) is 0 Å². The number of hydrogen-bond donors (Lipinski definition) is 1. The summed E-state index contributed by atoms with van der Waals surface area (Å²) in [4.78, 5) is 11.6. The maximum absolute atomic E-state index is 11.6. The highest BCUT2D eigenvalue weighted by atomic mass is 16.6. The molecule has 0 spiro atoms. The smallest absolute Gasteiger partial charge is 0.309 e. The standard InChI is InChI=1S/C23H34O3/c1-2-3-4-5-6-7-8-9-10-11-12-13-14-15-16-17-18-21-19-22(20-24)26-23(21)25/h5-6,21-22,24H,2-4,11-20H2,1H3/b6-5-/t21-,22+/m1/s1. The number of carbonyl (C=O) groups is 1. The monoisotopic (exact) mass is 358 g/mol. The second-order valence-corrected chi connectivity index (χ2v) is 6.95. The molecule has 1 N–H and O–H groups in total. The number of esters is 1. The molecular weight excluding hydrogens is 324 g/mol. The molecule has 3 heteroatoms. The van der Waals surface area contributed by atoms with Crippen molar-refractivity contribution in [2.75, 3.05) is 6.61 Å². The number of cyclic esters (lactones) is 1. The SMILES string of the molecule is CCCC/C=C\C#CC#CCCCCCCCC[C@@H]1C[C@@H](CO)OC1=O. The van der Waals surface area contributed by atoms with Crippen molar-refractivity contribution in [2.24, 2.45) is 5.92 Å². The Bertz CT molecular complexity index is 527. The Morgan fingerprint density at radius 3 is 2.62 bits per heavy atom. The Labute approximate surface area is 159 Å². The Morgan fingerprint density at radius 1 is 1.12 bits per heavy atom. The fourth-order valence-corrected chi connectivity index (χ4v) is 3.03. The van der Waals surface area contributed by atoms with Crippen molar-refractivity contribution in [2.45, 2.75) is 90.1 Å². The van der Waals surface area contributed by atoms with Gasteiger partial charge in [0.2, 0.25) is 0 Å². The zero-order chi connectivity index (χ0) is 18.9. The first-order valence-corrected chi connectivity index (χ1v) is 10.2. The third kappa shape index (κ3) is 11.0. The summed E-state index contributed by atoms with van der Waals surface area (Å²) >= 11 is 0. The van der Waals surface area contributed by atoms with Gasteiger partial charge in [0, 0.05) is 6.42 Å². The van der Waals surface area contributed by atoms with Crippen molar-refractivity contribution in [3.8, 4) is 23.7 Å². The summed E-state index contributed by atoms with van der Waals surface area (Å²) in [6, 6.07) is 0. The minimum absolute atomic E-state index is 0.00465. The molecule has 0 unspecified atom stereocenters. The van der Waals surface area contributed by atoms with E-state index in [9.17, 15) is 4.79 Å². The van der Waals surface area contributed by atoms with Crippen LogP contribution in [0.25, 0.3) is 0 Å². The average Bonchev–Trinajstić information content (AvgIpc) is 3.01. The Morgan fingerprint density at radius 2 is 1.88 bits per heavy atom. The number of aliphatic hydroxyl groups excluding tert-OH is 1. The molecule has 144 valence electrons. The minimum Gasteiger partial charge on any atom is -0.460 e. The van der Waals surface area contributed by atoms with E-state index in [1.807, 2.05) is 6.08 Å². The van der Waals surface area contributed by atoms with E-state index in [-0.39, 0.29) is 24.6 Å². The predicted molar refractivity (Wildman–Crippen MR) is 106 cm³/mol. The van der Waals surface area contributed by atoms with Gasteiger partial charge in [0.1, 0.15) is 6.10 Å². The van der Waals surface area contributed by atoms with E-state index in [4.69, 9.17) is 9.84 Å². The van der Waals surface area contributed by atoms with Crippen molar-refractivity contribution in [1.29, 1.82) is 0 Å². The van der Waals surface area contributed by atoms with E-state index in [2.05, 4.69) is 36.7 Å². The van der Waals surface area contributed by atoms with Gasteiger partial charge in [-0.2, -0.15) is 0 Å². The van der Waals surface area contributed by atoms with E-state index in [0.29, 0.717) is 6.42 Å². The molecule has 1 aliphatic rings. The summed E-state index contributed by atoms with van der Waals surface area (Å²) in [7, 11) is 0. The molecule has 1 rings (SSSR count). The number of hydrogen-bond acceptors (Lipinski definition) is 3. The summed E-state index contributed by atoms with van der Waals surface area (Å²) in [5.74, 6) is 11.7. The molecule has 1 aliphatic heterocycles. The second kappa shape index (κ2) is 15.5. The maximum Gasteiger partial charge on any atom is 0.309 e. The highest BCUT2D eigenvalue weighted by Gasteiger charge is 2.33. The summed E-state index contributed by atoms with van der Waals surface area (Å²) in [5.41, 5.74) is 0. The van der Waals surface area contributed by atoms with E-state index >= 15 is 0 Å². The first kappa shape index (κ1) is 22.3. The van der Waals surface area contributed by atoms with Gasteiger partial charge in [-0.05, 0) is 43.6 Å². The van der Waals surface area contributed by atoms with Crippen LogP contribution in [0.4, 0.5) is 0 Å². The largest absolute Gasteiger partial charge is 0.460 e. The molecule has 0 bridgehead atoms. The van der Waals surface area contributed by atoms with Crippen LogP contribution in [0.5, 0.6) is 0 Å². The molecule has 3 nitrogen and oxygen atoms in total. The topological polar surface area (TPSA) is 46.5 Å². The van der Waals surface area contributed by atoms with Gasteiger partial charge in [-0.1, -0.05) is 69.8 Å². The summed E-state index contributed by atoms with van der Waals surface area (Å²) in [6.45, 7) is 2.14. The first-order valence-electron chi connectivity index (χ1n) is 10.2. The van der Waals surface area contributed by atoms with Gasteiger partial charge >= 0.3 is 5.97 Å². The number of carbonyl (C=O) groups excluding carboxylic acids is 1. The lowest BCUT2D eigenvalue weighted by atomic mass is 9.97. The molecule has 1 fully saturated rings. The van der Waals surface area contributed by atoms with Gasteiger partial charge in [-0.15, -0.1) is 0 Å². The van der Waals surface area contributed by atoms with Gasteiger partial charge in [0.25, 0.3) is 0 Å². The molecule has 0 amide bonds. The molecule has 1 saturated heterocycles. The lowest BCUT2D eigenvalue weighted by Gasteiger charge is -2.05. The van der Waals surface area contributed by atoms with E-state index in [0.717, 1.165) is 38.5 Å². The average molecular weight is 359 g/mol. The normalized spacial score (nSPS) is 18.9. The van der Waals surface area contributed by atoms with Crippen LogP contribution in [0.2, 0.25) is 0 Å². The lowest BCUT2D eigenvalue weighted by molar-refractivity contribution is -0.145. The number of ether oxygens (including phenoxy) is 1. The third-order valence-electron chi connectivity index (χ3n) is 4.62. The molecular formula is C23H34O3. The van der Waals surface area contributed by atoms with Crippen molar-refractivity contribution < 1.29 is 14.6 Å². The van der Waals surface area contributed by atoms with Gasteiger partial charge < -0.3 is 9.84 Å². The molecule has 0 aromatic rings. The third-order valence-corrected chi connectivity index (χ3v) is 4.62. The minimum atomic E-state index is -0.268. The fourth-order valence-electron chi connectivity index (χ4n) is 3.03. The van der Waals surface area contributed by atoms with Crippen LogP contribution in [0.3, 0.4) is 0 Å². The van der Waals surface area contributed by atoms with Crippen molar-refractivity contribution in [1.82, 2.24) is 0 Å². The van der Waals surface area contributed by atoms with Gasteiger partial charge in [0.05, 0.1) is 12.5 Å². The zero-order valence-corrected chi connectivity index (χ0v) is 16.3. The maximum atomic E-state index is 11.6.